The number of aliphatic hydroxyl groups is 1. The summed E-state index contributed by atoms with van der Waals surface area (Å²) >= 11 is 0. The molecule has 1 nitrogen and oxygen atoms in total. The minimum Gasteiger partial charge on any atom is -0.393 e. The second-order valence-corrected chi connectivity index (χ2v) is 4.80. The second kappa shape index (κ2) is 5.64. The van der Waals surface area contributed by atoms with Crippen molar-refractivity contribution >= 4 is 0 Å². The first-order chi connectivity index (χ1) is 6.20. The van der Waals surface area contributed by atoms with Crippen LogP contribution in [0.15, 0.2) is 0 Å². The van der Waals surface area contributed by atoms with Gasteiger partial charge in [-0.15, -0.1) is 0 Å². The first-order valence-corrected chi connectivity index (χ1v) is 5.88. The lowest BCUT2D eigenvalue weighted by atomic mass is 9.84. The summed E-state index contributed by atoms with van der Waals surface area (Å²) in [4.78, 5) is 0. The van der Waals surface area contributed by atoms with Crippen LogP contribution in [-0.2, 0) is 0 Å². The molecule has 1 aliphatic carbocycles. The summed E-state index contributed by atoms with van der Waals surface area (Å²) in [5, 5.41) is 9.35. The van der Waals surface area contributed by atoms with E-state index < -0.39 is 0 Å². The van der Waals surface area contributed by atoms with Gasteiger partial charge in [0.25, 0.3) is 0 Å². The van der Waals surface area contributed by atoms with Crippen molar-refractivity contribution in [2.45, 2.75) is 64.9 Å². The smallest absolute Gasteiger partial charge is 0.0537 e. The van der Waals surface area contributed by atoms with Crippen LogP contribution in [0.2, 0.25) is 0 Å². The lowest BCUT2D eigenvalue weighted by molar-refractivity contribution is 0.123. The van der Waals surface area contributed by atoms with Gasteiger partial charge in [0.2, 0.25) is 0 Å². The Morgan fingerprint density at radius 2 is 1.77 bits per heavy atom. The molecule has 13 heavy (non-hydrogen) atoms. The van der Waals surface area contributed by atoms with Crippen LogP contribution in [0.25, 0.3) is 0 Å². The maximum absolute atomic E-state index is 9.35. The van der Waals surface area contributed by atoms with Crippen LogP contribution < -0.4 is 0 Å². The highest BCUT2D eigenvalue weighted by Crippen LogP contribution is 2.28. The predicted molar refractivity (Wildman–Crippen MR) is 56.7 cm³/mol. The summed E-state index contributed by atoms with van der Waals surface area (Å²) < 4.78 is 0. The maximum Gasteiger partial charge on any atom is 0.0537 e. The topological polar surface area (TPSA) is 20.2 Å². The van der Waals surface area contributed by atoms with Gasteiger partial charge in [0.1, 0.15) is 0 Å². The van der Waals surface area contributed by atoms with Crippen molar-refractivity contribution in [1.82, 2.24) is 0 Å². The molecule has 1 rings (SSSR count). The molecule has 2 atom stereocenters. The lowest BCUT2D eigenvalue weighted by Gasteiger charge is -2.23. The second-order valence-electron chi connectivity index (χ2n) is 4.80. The molecule has 0 aliphatic heterocycles. The third-order valence-corrected chi connectivity index (χ3v) is 3.58. The van der Waals surface area contributed by atoms with E-state index in [-0.39, 0.29) is 6.10 Å². The zero-order chi connectivity index (χ0) is 9.68. The largest absolute Gasteiger partial charge is 0.393 e. The molecule has 0 spiro atoms. The molecular weight excluding hydrogens is 160 g/mol. The monoisotopic (exact) mass is 184 g/mol. The fraction of sp³-hybridized carbons (Fsp3) is 1.00. The highest BCUT2D eigenvalue weighted by Gasteiger charge is 2.15. The molecule has 0 heterocycles. The van der Waals surface area contributed by atoms with E-state index in [1.807, 2.05) is 6.92 Å². The van der Waals surface area contributed by atoms with Crippen LogP contribution >= 0.6 is 0 Å². The van der Waals surface area contributed by atoms with E-state index in [0.717, 1.165) is 5.92 Å². The van der Waals surface area contributed by atoms with Gasteiger partial charge in [0, 0.05) is 0 Å². The summed E-state index contributed by atoms with van der Waals surface area (Å²) in [6.07, 6.45) is 9.63. The van der Waals surface area contributed by atoms with Gasteiger partial charge in [-0.1, -0.05) is 45.4 Å². The minimum absolute atomic E-state index is 0.122. The molecule has 0 saturated heterocycles. The molecule has 1 aliphatic rings. The molecule has 1 saturated carbocycles. The molecule has 0 amide bonds. The van der Waals surface area contributed by atoms with Crippen LogP contribution in [0.5, 0.6) is 0 Å². The fourth-order valence-corrected chi connectivity index (χ4v) is 2.22. The molecular formula is C12H24O. The van der Waals surface area contributed by atoms with E-state index in [0.29, 0.717) is 5.92 Å². The normalized spacial score (nSPS) is 24.2. The van der Waals surface area contributed by atoms with Crippen LogP contribution in [0.4, 0.5) is 0 Å². The summed E-state index contributed by atoms with van der Waals surface area (Å²) in [5.41, 5.74) is 0. The first kappa shape index (κ1) is 11.0. The Hall–Kier alpha value is -0.0400. The van der Waals surface area contributed by atoms with Crippen molar-refractivity contribution in [2.75, 3.05) is 0 Å². The Balaban J connectivity index is 2.10. The van der Waals surface area contributed by atoms with Gasteiger partial charge in [0.15, 0.2) is 0 Å². The summed E-state index contributed by atoms with van der Waals surface area (Å²) in [6.45, 7) is 4.07. The fourth-order valence-electron chi connectivity index (χ4n) is 2.22. The lowest BCUT2D eigenvalue weighted by Crippen LogP contribution is -2.15. The Morgan fingerprint density at radius 1 is 1.15 bits per heavy atom. The van der Waals surface area contributed by atoms with E-state index in [1.165, 1.54) is 44.9 Å². The Bertz CT molecular complexity index is 125. The molecule has 0 radical (unpaired) electrons. The van der Waals surface area contributed by atoms with Gasteiger partial charge in [-0.25, -0.2) is 0 Å². The third-order valence-electron chi connectivity index (χ3n) is 3.58. The van der Waals surface area contributed by atoms with Crippen molar-refractivity contribution in [3.63, 3.8) is 0 Å². The van der Waals surface area contributed by atoms with Gasteiger partial charge < -0.3 is 5.11 Å². The zero-order valence-corrected chi connectivity index (χ0v) is 9.13. The highest BCUT2D eigenvalue weighted by atomic mass is 16.3. The molecule has 78 valence electrons. The number of aliphatic hydroxyl groups excluding tert-OH is 1. The molecule has 0 aromatic heterocycles. The SMILES string of the molecule is CC(O)C(C)CCC1CCCCC1. The van der Waals surface area contributed by atoms with E-state index in [9.17, 15) is 5.11 Å². The standard InChI is InChI=1S/C12H24O/c1-10(11(2)13)8-9-12-6-4-3-5-7-12/h10-13H,3-9H2,1-2H3. The number of rotatable bonds is 4. The van der Waals surface area contributed by atoms with Crippen LogP contribution in [-0.4, -0.2) is 11.2 Å². The molecule has 2 unspecified atom stereocenters. The third kappa shape index (κ3) is 4.12. The summed E-state index contributed by atoms with van der Waals surface area (Å²) in [6, 6.07) is 0. The number of hydrogen-bond donors (Lipinski definition) is 1. The Morgan fingerprint density at radius 3 is 2.31 bits per heavy atom. The molecule has 1 fully saturated rings. The number of hydrogen-bond acceptors (Lipinski definition) is 1. The minimum atomic E-state index is -0.122. The summed E-state index contributed by atoms with van der Waals surface area (Å²) in [7, 11) is 0. The quantitative estimate of drug-likeness (QED) is 0.710. The van der Waals surface area contributed by atoms with E-state index in [4.69, 9.17) is 0 Å². The van der Waals surface area contributed by atoms with E-state index in [1.54, 1.807) is 0 Å². The highest BCUT2D eigenvalue weighted by molar-refractivity contribution is 4.68. The van der Waals surface area contributed by atoms with Gasteiger partial charge in [-0.05, 0) is 25.2 Å². The Labute approximate surface area is 82.5 Å². The van der Waals surface area contributed by atoms with Gasteiger partial charge in [-0.3, -0.25) is 0 Å². The van der Waals surface area contributed by atoms with Crippen molar-refractivity contribution in [2.24, 2.45) is 11.8 Å². The molecule has 0 aromatic rings. The van der Waals surface area contributed by atoms with E-state index in [2.05, 4.69) is 6.92 Å². The van der Waals surface area contributed by atoms with Crippen LogP contribution in [0.3, 0.4) is 0 Å². The van der Waals surface area contributed by atoms with Gasteiger partial charge in [-0.2, -0.15) is 0 Å². The summed E-state index contributed by atoms with van der Waals surface area (Å²) in [5.74, 6) is 1.46. The van der Waals surface area contributed by atoms with E-state index >= 15 is 0 Å². The first-order valence-electron chi connectivity index (χ1n) is 5.88. The van der Waals surface area contributed by atoms with Gasteiger partial charge >= 0.3 is 0 Å². The van der Waals surface area contributed by atoms with Crippen molar-refractivity contribution < 1.29 is 5.11 Å². The maximum atomic E-state index is 9.35. The average Bonchev–Trinajstić information content (AvgIpc) is 2.15. The molecule has 0 aromatic carbocycles. The van der Waals surface area contributed by atoms with Crippen LogP contribution in [0.1, 0.15) is 58.8 Å². The van der Waals surface area contributed by atoms with Crippen LogP contribution in [0, 0.1) is 11.8 Å². The Kier molecular flexibility index (Phi) is 4.79. The zero-order valence-electron chi connectivity index (χ0n) is 9.13. The molecule has 1 heteroatoms. The predicted octanol–water partition coefficient (Wildman–Crippen LogP) is 3.36. The van der Waals surface area contributed by atoms with Gasteiger partial charge in [0.05, 0.1) is 6.10 Å². The van der Waals surface area contributed by atoms with Crippen molar-refractivity contribution in [1.29, 1.82) is 0 Å². The molecule has 1 N–H and O–H groups in total. The van der Waals surface area contributed by atoms with Crippen molar-refractivity contribution in [3.05, 3.63) is 0 Å². The average molecular weight is 184 g/mol. The molecule has 0 bridgehead atoms. The van der Waals surface area contributed by atoms with Crippen molar-refractivity contribution in [3.8, 4) is 0 Å².